The van der Waals surface area contributed by atoms with Crippen LogP contribution in [0.25, 0.3) is 0 Å². The summed E-state index contributed by atoms with van der Waals surface area (Å²) in [5.74, 6) is -1.24. The van der Waals surface area contributed by atoms with Gasteiger partial charge in [0.2, 0.25) is 0 Å². The Kier molecular flexibility index (Phi) is 6.36. The number of phenols is 4. The molecular formula is C18H21IO6. The van der Waals surface area contributed by atoms with Crippen LogP contribution in [-0.4, -0.2) is 47.3 Å². The molecule has 2 atom stereocenters. The second-order valence-corrected chi connectivity index (χ2v) is 8.25. The summed E-state index contributed by atoms with van der Waals surface area (Å²) < 4.78 is -0.719. The first-order valence-electron chi connectivity index (χ1n) is 7.71. The zero-order chi connectivity index (χ0) is 18.6. The standard InChI is InChI=1S/C18H21IO6/c19-18(10-21,8-12-2-4-15(23)17(25)7-12)13(9-20)5-11-1-3-14(22)16(24)6-11/h1-4,6-7,13,20-25H,5,8-10H2/t13?,18-/m1/s1. The average Bonchev–Trinajstić information content (AvgIpc) is 2.59. The molecule has 136 valence electrons. The molecule has 0 bridgehead atoms. The van der Waals surface area contributed by atoms with E-state index in [0.717, 1.165) is 5.56 Å². The molecule has 0 radical (unpaired) electrons. The van der Waals surface area contributed by atoms with Gasteiger partial charge in [-0.05, 0) is 48.2 Å². The highest BCUT2D eigenvalue weighted by molar-refractivity contribution is 14.1. The largest absolute Gasteiger partial charge is 0.504 e. The van der Waals surface area contributed by atoms with Crippen LogP contribution in [0.15, 0.2) is 36.4 Å². The van der Waals surface area contributed by atoms with Crippen LogP contribution >= 0.6 is 22.6 Å². The van der Waals surface area contributed by atoms with E-state index in [1.165, 1.54) is 24.3 Å². The molecule has 0 heterocycles. The minimum Gasteiger partial charge on any atom is -0.504 e. The number of aromatic hydroxyl groups is 4. The third kappa shape index (κ3) is 4.68. The van der Waals surface area contributed by atoms with Crippen molar-refractivity contribution in [1.29, 1.82) is 0 Å². The van der Waals surface area contributed by atoms with Crippen molar-refractivity contribution >= 4 is 22.6 Å². The lowest BCUT2D eigenvalue weighted by Gasteiger charge is -2.34. The van der Waals surface area contributed by atoms with Crippen LogP contribution in [0.3, 0.4) is 0 Å². The summed E-state index contributed by atoms with van der Waals surface area (Å²) in [4.78, 5) is 0. The van der Waals surface area contributed by atoms with E-state index in [1.807, 2.05) is 0 Å². The summed E-state index contributed by atoms with van der Waals surface area (Å²) in [5.41, 5.74) is 1.43. The number of phenolic OH excluding ortho intramolecular Hbond substituents is 4. The second-order valence-electron chi connectivity index (χ2n) is 6.10. The van der Waals surface area contributed by atoms with Crippen molar-refractivity contribution in [3.8, 4) is 23.0 Å². The van der Waals surface area contributed by atoms with Crippen LogP contribution in [-0.2, 0) is 12.8 Å². The quantitative estimate of drug-likeness (QED) is 0.214. The topological polar surface area (TPSA) is 121 Å². The Balaban J connectivity index is 2.23. The zero-order valence-corrected chi connectivity index (χ0v) is 15.6. The number of alkyl halides is 1. The highest BCUT2D eigenvalue weighted by Crippen LogP contribution is 2.37. The van der Waals surface area contributed by atoms with E-state index in [4.69, 9.17) is 0 Å². The normalized spacial score (nSPS) is 14.8. The van der Waals surface area contributed by atoms with Gasteiger partial charge < -0.3 is 30.6 Å². The maximum Gasteiger partial charge on any atom is 0.157 e. The highest BCUT2D eigenvalue weighted by atomic mass is 127. The molecule has 0 amide bonds. The fraction of sp³-hybridized carbons (Fsp3) is 0.333. The van der Waals surface area contributed by atoms with Gasteiger partial charge in [0.1, 0.15) is 0 Å². The van der Waals surface area contributed by atoms with Crippen LogP contribution in [0, 0.1) is 5.92 Å². The van der Waals surface area contributed by atoms with Gasteiger partial charge in [-0.25, -0.2) is 0 Å². The molecule has 2 aromatic carbocycles. The van der Waals surface area contributed by atoms with Gasteiger partial charge in [0, 0.05) is 12.5 Å². The Morgan fingerprint density at radius 2 is 1.32 bits per heavy atom. The lowest BCUT2D eigenvalue weighted by molar-refractivity contribution is 0.149. The number of aliphatic hydroxyl groups is 2. The zero-order valence-electron chi connectivity index (χ0n) is 13.4. The van der Waals surface area contributed by atoms with Crippen molar-refractivity contribution < 1.29 is 30.6 Å². The molecule has 0 spiro atoms. The van der Waals surface area contributed by atoms with E-state index < -0.39 is 3.42 Å². The number of benzene rings is 2. The first-order chi connectivity index (χ1) is 11.8. The first kappa shape index (κ1) is 19.6. The fourth-order valence-electron chi connectivity index (χ4n) is 2.74. The highest BCUT2D eigenvalue weighted by Gasteiger charge is 2.36. The molecule has 0 aliphatic heterocycles. The van der Waals surface area contributed by atoms with Crippen molar-refractivity contribution in [2.75, 3.05) is 13.2 Å². The average molecular weight is 460 g/mol. The maximum absolute atomic E-state index is 9.93. The number of halogens is 1. The van der Waals surface area contributed by atoms with Crippen LogP contribution < -0.4 is 0 Å². The van der Waals surface area contributed by atoms with Gasteiger partial charge in [-0.2, -0.15) is 0 Å². The van der Waals surface area contributed by atoms with Gasteiger partial charge in [-0.3, -0.25) is 0 Å². The minimum absolute atomic E-state index is 0.185. The van der Waals surface area contributed by atoms with E-state index in [1.54, 1.807) is 12.1 Å². The second kappa shape index (κ2) is 8.11. The van der Waals surface area contributed by atoms with E-state index in [-0.39, 0.29) is 42.1 Å². The van der Waals surface area contributed by atoms with E-state index >= 15 is 0 Å². The third-order valence-electron chi connectivity index (χ3n) is 4.27. The molecule has 2 rings (SSSR count). The van der Waals surface area contributed by atoms with Crippen LogP contribution in [0.2, 0.25) is 0 Å². The number of hydrogen-bond donors (Lipinski definition) is 6. The number of aliphatic hydroxyl groups excluding tert-OH is 2. The summed E-state index contributed by atoms with van der Waals surface area (Å²) in [6, 6.07) is 8.92. The molecule has 0 fully saturated rings. The third-order valence-corrected chi connectivity index (χ3v) is 5.88. The summed E-state index contributed by atoms with van der Waals surface area (Å²) >= 11 is 2.10. The van der Waals surface area contributed by atoms with Crippen LogP contribution in [0.4, 0.5) is 0 Å². The predicted molar refractivity (Wildman–Crippen MR) is 101 cm³/mol. The smallest absolute Gasteiger partial charge is 0.157 e. The number of hydrogen-bond acceptors (Lipinski definition) is 6. The van der Waals surface area contributed by atoms with Gasteiger partial charge in [0.25, 0.3) is 0 Å². The van der Waals surface area contributed by atoms with Gasteiger partial charge >= 0.3 is 0 Å². The van der Waals surface area contributed by atoms with Gasteiger partial charge in [-0.1, -0.05) is 34.7 Å². The molecule has 0 aromatic heterocycles. The van der Waals surface area contributed by atoms with E-state index in [0.29, 0.717) is 18.4 Å². The molecule has 0 aliphatic carbocycles. The Morgan fingerprint density at radius 1 is 0.800 bits per heavy atom. The molecule has 0 aliphatic rings. The summed E-state index contributed by atoms with van der Waals surface area (Å²) in [5, 5.41) is 57.8. The van der Waals surface area contributed by atoms with E-state index in [9.17, 15) is 30.6 Å². The number of rotatable bonds is 7. The Hall–Kier alpha value is -1.71. The van der Waals surface area contributed by atoms with Crippen LogP contribution in [0.1, 0.15) is 11.1 Å². The summed E-state index contributed by atoms with van der Waals surface area (Å²) in [7, 11) is 0. The van der Waals surface area contributed by atoms with Crippen molar-refractivity contribution in [3.63, 3.8) is 0 Å². The van der Waals surface area contributed by atoms with E-state index in [2.05, 4.69) is 22.6 Å². The van der Waals surface area contributed by atoms with Crippen molar-refractivity contribution in [1.82, 2.24) is 0 Å². The Morgan fingerprint density at radius 3 is 1.80 bits per heavy atom. The molecule has 6 nitrogen and oxygen atoms in total. The summed E-state index contributed by atoms with van der Waals surface area (Å²) in [6.07, 6.45) is 0.755. The van der Waals surface area contributed by atoms with Gasteiger partial charge in [0.05, 0.1) is 10.0 Å². The Labute approximate surface area is 159 Å². The SMILES string of the molecule is OCC(Cc1ccc(O)c(O)c1)[C@](I)(CO)Cc1ccc(O)c(O)c1. The van der Waals surface area contributed by atoms with Crippen LogP contribution in [0.5, 0.6) is 23.0 Å². The monoisotopic (exact) mass is 460 g/mol. The van der Waals surface area contributed by atoms with Crippen molar-refractivity contribution in [2.24, 2.45) is 5.92 Å². The molecule has 0 saturated heterocycles. The van der Waals surface area contributed by atoms with Gasteiger partial charge in [-0.15, -0.1) is 0 Å². The minimum atomic E-state index is -0.719. The molecule has 2 aromatic rings. The summed E-state index contributed by atoms with van der Waals surface area (Å²) in [6.45, 7) is -0.389. The van der Waals surface area contributed by atoms with Crippen molar-refractivity contribution in [3.05, 3.63) is 47.5 Å². The molecule has 0 saturated carbocycles. The lowest BCUT2D eigenvalue weighted by atomic mass is 9.83. The molecule has 7 heteroatoms. The first-order valence-corrected chi connectivity index (χ1v) is 8.79. The van der Waals surface area contributed by atoms with Crippen molar-refractivity contribution in [2.45, 2.75) is 16.3 Å². The Bertz CT molecular complexity index is 736. The fourth-order valence-corrected chi connectivity index (χ4v) is 3.60. The molecule has 1 unspecified atom stereocenters. The maximum atomic E-state index is 9.93. The predicted octanol–water partition coefficient (Wildman–Crippen LogP) is 2.07. The van der Waals surface area contributed by atoms with Gasteiger partial charge in [0.15, 0.2) is 23.0 Å². The molecule has 25 heavy (non-hydrogen) atoms. The molecule has 6 N–H and O–H groups in total. The lowest BCUT2D eigenvalue weighted by Crippen LogP contribution is -2.41. The molecular weight excluding hydrogens is 439 g/mol.